The molecule has 4 rings (SSSR count). The van der Waals surface area contributed by atoms with Crippen molar-refractivity contribution < 1.29 is 31.5 Å². The van der Waals surface area contributed by atoms with E-state index < -0.39 is 11.5 Å². The number of carbonyl (C=O) groups is 1. The maximum atomic E-state index is 12.5. The van der Waals surface area contributed by atoms with E-state index in [1.165, 1.54) is 116 Å². The monoisotopic (exact) mass is 901 g/mol. The van der Waals surface area contributed by atoms with Gasteiger partial charge in [0.1, 0.15) is 5.78 Å². The van der Waals surface area contributed by atoms with Gasteiger partial charge < -0.3 is 10.2 Å². The van der Waals surface area contributed by atoms with Crippen molar-refractivity contribution in [2.24, 2.45) is 9.98 Å². The molecule has 0 bridgehead atoms. The summed E-state index contributed by atoms with van der Waals surface area (Å²) in [5, 5.41) is 25.1. The molecule has 4 aromatic rings. The third-order valence-corrected chi connectivity index (χ3v) is 12.2. The molecule has 0 saturated heterocycles. The number of benzene rings is 4. The summed E-state index contributed by atoms with van der Waals surface area (Å²) in [6.07, 6.45) is 26.2. The van der Waals surface area contributed by atoms with Crippen LogP contribution in [0, 0.1) is 0 Å². The fraction of sp³-hybridized carbons (Fsp3) is 0.561. The number of hydrogen-bond donors (Lipinski definition) is 0. The van der Waals surface area contributed by atoms with Gasteiger partial charge in [0.25, 0.3) is 0 Å². The fourth-order valence-electron chi connectivity index (χ4n) is 8.47. The number of ketones is 1. The van der Waals surface area contributed by atoms with Gasteiger partial charge in [0, 0.05) is 12.8 Å². The summed E-state index contributed by atoms with van der Waals surface area (Å²) < 4.78 is 0. The molecule has 6 heteroatoms. The summed E-state index contributed by atoms with van der Waals surface area (Å²) in [6.45, 7) is 17.8. The van der Waals surface area contributed by atoms with Crippen LogP contribution in [0.4, 0.5) is 11.4 Å². The molecule has 348 valence electrons. The normalized spacial score (nSPS) is 11.7. The molecule has 4 aromatic carbocycles. The maximum absolute atomic E-state index is 12.5. The number of nitrogens with zero attached hydrogens (tertiary/aromatic N) is 2. The molecule has 0 aliphatic heterocycles. The average molecular weight is 902 g/mol. The quantitative estimate of drug-likeness (QED) is 0.0323. The second-order valence-electron chi connectivity index (χ2n) is 17.3. The second kappa shape index (κ2) is 32.0. The molecule has 0 radical (unpaired) electrons. The predicted octanol–water partition coefficient (Wildman–Crippen LogP) is 15.5. The van der Waals surface area contributed by atoms with Crippen molar-refractivity contribution in [2.45, 2.75) is 209 Å². The first-order valence-electron chi connectivity index (χ1n) is 25.0. The Morgan fingerprint density at radius 3 is 1.43 bits per heavy atom. The van der Waals surface area contributed by atoms with Crippen LogP contribution in [0.5, 0.6) is 11.5 Å². The van der Waals surface area contributed by atoms with Gasteiger partial charge in [-0.1, -0.05) is 169 Å². The van der Waals surface area contributed by atoms with Crippen molar-refractivity contribution in [2.75, 3.05) is 0 Å². The zero-order valence-corrected chi connectivity index (χ0v) is 41.7. The smallest absolute Gasteiger partial charge is 0.873 e. The number of rotatable bonds is 28. The van der Waals surface area contributed by atoms with Gasteiger partial charge in [-0.2, -0.15) is 0 Å². The van der Waals surface area contributed by atoms with Crippen LogP contribution in [0.3, 0.4) is 0 Å². The van der Waals surface area contributed by atoms with Gasteiger partial charge >= 0.3 is 16.5 Å². The Hall–Kier alpha value is -3.76. The molecule has 0 saturated carbocycles. The molecule has 0 heterocycles. The maximum Gasteiger partial charge on any atom is 2.00 e. The molecule has 0 amide bonds. The number of unbranched alkanes of at least 4 members (excludes halogenated alkanes) is 11. The zero-order valence-electron chi connectivity index (χ0n) is 40.7. The van der Waals surface area contributed by atoms with E-state index in [0.717, 1.165) is 104 Å². The number of aliphatic imine (C=N–C) groups is 2. The van der Waals surface area contributed by atoms with Crippen LogP contribution in [0.15, 0.2) is 70.6 Å². The van der Waals surface area contributed by atoms with Crippen LogP contribution >= 0.6 is 0 Å². The Bertz CT molecular complexity index is 2000. The van der Waals surface area contributed by atoms with Crippen LogP contribution in [0.1, 0.15) is 204 Å². The molecule has 0 aliphatic carbocycles. The van der Waals surface area contributed by atoms with Crippen molar-refractivity contribution in [3.8, 4) is 11.5 Å². The third kappa shape index (κ3) is 19.5. The van der Waals surface area contributed by atoms with Gasteiger partial charge in [0.2, 0.25) is 0 Å². The van der Waals surface area contributed by atoms with Crippen molar-refractivity contribution in [1.29, 1.82) is 0 Å². The molecule has 63 heavy (non-hydrogen) atoms. The average Bonchev–Trinajstić information content (AvgIpc) is 3.27. The van der Waals surface area contributed by atoms with Gasteiger partial charge in [0.15, 0.2) is 0 Å². The van der Waals surface area contributed by atoms with E-state index in [2.05, 4.69) is 91.8 Å². The Morgan fingerprint density at radius 2 is 0.921 bits per heavy atom. The molecule has 5 nitrogen and oxygen atoms in total. The number of aryl methyl sites for hydroxylation is 5. The van der Waals surface area contributed by atoms with E-state index >= 15 is 0 Å². The number of carbonyl (C=O) groups excluding carboxylic acids is 1. The molecule has 0 N–H and O–H groups in total. The summed E-state index contributed by atoms with van der Waals surface area (Å²) in [5.41, 5.74) is 12.3. The molecule has 0 fully saturated rings. The van der Waals surface area contributed by atoms with E-state index in [0.29, 0.717) is 12.8 Å². The molecular weight excluding hydrogens is 819 g/mol. The minimum Gasteiger partial charge on any atom is -0.873 e. The predicted molar refractivity (Wildman–Crippen MR) is 266 cm³/mol. The van der Waals surface area contributed by atoms with Crippen LogP contribution in [-0.4, -0.2) is 17.2 Å². The standard InChI is InChI=1S/C32H48N2.C25H36O3.Ni/c1-7-13-15-16-18-32(34-30-22-20-26(10-4)28(12-6)24-30)31(17-14-8-2)33-29-21-19-25(9-3)27(11-5)23-29;1-3-5-6-7-8-9-10-11-13-22(26)16-20-14-19(12-4-2)15-21-17-24(27)25(28)18-23(20)21;/h19-24H,7-18H2,1-6H3;14-15,17-18,27-28H,3-13,16H2,1-2H3;/q;;+2/p-2. The molecule has 0 unspecified atom stereocenters. The Kier molecular flexibility index (Phi) is 28.1. The van der Waals surface area contributed by atoms with Crippen molar-refractivity contribution in [3.63, 3.8) is 0 Å². The summed E-state index contributed by atoms with van der Waals surface area (Å²) in [4.78, 5) is 23.0. The van der Waals surface area contributed by atoms with Crippen molar-refractivity contribution >= 4 is 39.4 Å². The van der Waals surface area contributed by atoms with Crippen LogP contribution in [0.2, 0.25) is 0 Å². The van der Waals surface area contributed by atoms with Crippen LogP contribution in [-0.2, 0) is 59.8 Å². The number of Topliss-reactive ketones (excluding diaryl/α,β-unsaturated/α-hetero) is 1. The first-order chi connectivity index (χ1) is 30.1. The van der Waals surface area contributed by atoms with E-state index in [1.807, 2.05) is 12.1 Å². The van der Waals surface area contributed by atoms with Gasteiger partial charge in [-0.25, -0.2) is 0 Å². The van der Waals surface area contributed by atoms with Gasteiger partial charge in [-0.15, -0.1) is 11.5 Å². The van der Waals surface area contributed by atoms with Crippen molar-refractivity contribution in [3.05, 3.63) is 94.0 Å². The zero-order chi connectivity index (χ0) is 45.1. The molecule has 0 atom stereocenters. The van der Waals surface area contributed by atoms with E-state index in [-0.39, 0.29) is 22.3 Å². The second-order valence-corrected chi connectivity index (χ2v) is 17.3. The SMILES string of the molecule is CCCCCCC(=Nc1ccc(CC)c(CC)c1)C(CCCC)=Nc1ccc(CC)c(CC)c1.CCCCCCCCCCC(=O)Cc1cc(CCC)cc2cc([O-])c([O-])cc12.[Ni+2]. The first-order valence-corrected chi connectivity index (χ1v) is 25.0. The summed E-state index contributed by atoms with van der Waals surface area (Å²) in [6, 6.07) is 20.4. The minimum absolute atomic E-state index is 0. The largest absolute Gasteiger partial charge is 2.00 e. The van der Waals surface area contributed by atoms with Crippen LogP contribution < -0.4 is 10.2 Å². The molecule has 0 aromatic heterocycles. The first kappa shape index (κ1) is 55.4. The van der Waals surface area contributed by atoms with Gasteiger partial charge in [0.05, 0.1) is 22.8 Å². The summed E-state index contributed by atoms with van der Waals surface area (Å²) >= 11 is 0. The van der Waals surface area contributed by atoms with E-state index in [1.54, 1.807) is 0 Å². The fourth-order valence-corrected chi connectivity index (χ4v) is 8.47. The summed E-state index contributed by atoms with van der Waals surface area (Å²) in [7, 11) is 0. The third-order valence-electron chi connectivity index (χ3n) is 12.2. The number of fused-ring (bicyclic) bond motifs is 1. The molecular formula is C57H82N2NiO3. The minimum atomic E-state index is -0.493. The van der Waals surface area contributed by atoms with E-state index in [4.69, 9.17) is 9.98 Å². The van der Waals surface area contributed by atoms with Crippen molar-refractivity contribution in [1.82, 2.24) is 0 Å². The van der Waals surface area contributed by atoms with Gasteiger partial charge in [-0.3, -0.25) is 14.8 Å². The topological polar surface area (TPSA) is 87.9 Å². The molecule has 0 spiro atoms. The number of hydrogen-bond acceptors (Lipinski definition) is 5. The van der Waals surface area contributed by atoms with E-state index in [9.17, 15) is 15.0 Å². The Balaban J connectivity index is 0.000000434. The molecule has 0 aliphatic rings. The Morgan fingerprint density at radius 1 is 0.460 bits per heavy atom. The van der Waals surface area contributed by atoms with Crippen LogP contribution in [0.25, 0.3) is 10.8 Å². The van der Waals surface area contributed by atoms with Gasteiger partial charge in [-0.05, 0) is 133 Å². The summed E-state index contributed by atoms with van der Waals surface area (Å²) in [5.74, 6) is -0.746. The Labute approximate surface area is 394 Å².